The molecule has 2 atom stereocenters. The van der Waals surface area contributed by atoms with Gasteiger partial charge < -0.3 is 10.4 Å². The Hall–Kier alpha value is -0.695. The highest BCUT2D eigenvalue weighted by molar-refractivity contribution is 6.15. The maximum absolute atomic E-state index is 9.79. The zero-order chi connectivity index (χ0) is 10.1. The Kier molecular flexibility index (Phi) is 2.86. The molecule has 2 radical (unpaired) electrons. The monoisotopic (exact) mass is 177 g/mol. The van der Waals surface area contributed by atoms with Crippen LogP contribution < -0.4 is 5.32 Å². The summed E-state index contributed by atoms with van der Waals surface area (Å²) in [6.07, 6.45) is 4.40. The third-order valence-electron chi connectivity index (χ3n) is 2.62. The van der Waals surface area contributed by atoms with Crippen molar-refractivity contribution in [3.05, 3.63) is 23.4 Å². The van der Waals surface area contributed by atoms with Gasteiger partial charge in [0.2, 0.25) is 0 Å². The van der Waals surface area contributed by atoms with Crippen molar-refractivity contribution >= 4 is 7.85 Å². The fourth-order valence-electron chi connectivity index (χ4n) is 1.27. The molecular weight excluding hydrogens is 161 g/mol. The molecule has 0 aromatic rings. The van der Waals surface area contributed by atoms with Crippen molar-refractivity contribution in [2.75, 3.05) is 0 Å². The zero-order valence-electron chi connectivity index (χ0n) is 8.46. The number of aliphatic hydroxyl groups is 1. The number of hydrogen-bond donors (Lipinski definition) is 2. The third kappa shape index (κ3) is 2.16. The minimum Gasteiger partial charge on any atom is -0.397 e. The van der Waals surface area contributed by atoms with E-state index in [0.29, 0.717) is 6.42 Å². The summed E-state index contributed by atoms with van der Waals surface area (Å²) in [5.41, 5.74) is 1.20. The second-order valence-electron chi connectivity index (χ2n) is 3.67. The van der Waals surface area contributed by atoms with Gasteiger partial charge in [0.05, 0.1) is 6.04 Å². The first-order valence-corrected chi connectivity index (χ1v) is 4.60. The minimum atomic E-state index is -1.15. The number of hydrogen-bond acceptors (Lipinski definition) is 2. The van der Waals surface area contributed by atoms with Gasteiger partial charge in [-0.2, -0.15) is 0 Å². The maximum atomic E-state index is 9.79. The van der Waals surface area contributed by atoms with E-state index in [1.807, 2.05) is 33.0 Å². The highest BCUT2D eigenvalue weighted by atomic mass is 16.3. The first kappa shape index (κ1) is 10.4. The quantitative estimate of drug-likeness (QED) is 0.618. The molecule has 0 fully saturated rings. The van der Waals surface area contributed by atoms with Crippen molar-refractivity contribution < 1.29 is 5.11 Å². The second-order valence-corrected chi connectivity index (χ2v) is 3.67. The molecule has 1 rings (SSSR count). The van der Waals surface area contributed by atoms with Crippen LogP contribution in [-0.4, -0.2) is 24.5 Å². The van der Waals surface area contributed by atoms with Crippen LogP contribution in [0.2, 0.25) is 0 Å². The number of rotatable bonds is 2. The Morgan fingerprint density at radius 3 is 2.62 bits per heavy atom. The summed E-state index contributed by atoms with van der Waals surface area (Å²) in [6, 6.07) is -0.179. The van der Waals surface area contributed by atoms with Crippen LogP contribution in [0, 0.1) is 0 Å². The van der Waals surface area contributed by atoms with E-state index in [-0.39, 0.29) is 6.04 Å². The molecule has 0 aliphatic carbocycles. The lowest BCUT2D eigenvalue weighted by molar-refractivity contribution is 0.100. The Bertz CT molecular complexity index is 256. The van der Waals surface area contributed by atoms with Crippen LogP contribution >= 0.6 is 0 Å². The van der Waals surface area contributed by atoms with Crippen molar-refractivity contribution in [2.45, 2.75) is 38.7 Å². The van der Waals surface area contributed by atoms with Gasteiger partial charge in [-0.25, -0.2) is 0 Å². The van der Waals surface area contributed by atoms with Crippen LogP contribution in [0.25, 0.3) is 0 Å². The minimum absolute atomic E-state index is 0.179. The summed E-state index contributed by atoms with van der Waals surface area (Å²) >= 11 is 0. The summed E-state index contributed by atoms with van der Waals surface area (Å²) in [4.78, 5) is 0. The largest absolute Gasteiger partial charge is 0.397 e. The molecule has 1 aliphatic rings. The number of dihydropyridines is 1. The van der Waals surface area contributed by atoms with E-state index in [1.54, 1.807) is 0 Å². The molecule has 2 N–H and O–H groups in total. The van der Waals surface area contributed by atoms with E-state index in [4.69, 9.17) is 7.85 Å². The van der Waals surface area contributed by atoms with E-state index in [1.165, 1.54) is 11.1 Å². The van der Waals surface area contributed by atoms with Crippen molar-refractivity contribution in [3.8, 4) is 0 Å². The van der Waals surface area contributed by atoms with Crippen LogP contribution in [0.5, 0.6) is 0 Å². The van der Waals surface area contributed by atoms with E-state index < -0.39 is 5.50 Å². The number of nitrogens with one attached hydrogen (secondary N) is 1. The van der Waals surface area contributed by atoms with Gasteiger partial charge in [0.15, 0.2) is 0 Å². The molecule has 0 saturated carbocycles. The Labute approximate surface area is 81.1 Å². The molecule has 0 amide bonds. The molecule has 0 saturated heterocycles. The summed E-state index contributed by atoms with van der Waals surface area (Å²) in [6.45, 7) is 5.91. The van der Waals surface area contributed by atoms with Gasteiger partial charge in [-0.05, 0) is 31.4 Å². The van der Waals surface area contributed by atoms with Gasteiger partial charge in [-0.1, -0.05) is 13.0 Å². The highest BCUT2D eigenvalue weighted by Gasteiger charge is 2.28. The predicted octanol–water partition coefficient (Wildman–Crippen LogP) is 1.08. The van der Waals surface area contributed by atoms with Crippen molar-refractivity contribution in [1.82, 2.24) is 5.32 Å². The van der Waals surface area contributed by atoms with Crippen molar-refractivity contribution in [1.29, 1.82) is 0 Å². The lowest BCUT2D eigenvalue weighted by atomic mass is 9.72. The second kappa shape index (κ2) is 3.58. The van der Waals surface area contributed by atoms with Crippen molar-refractivity contribution in [3.63, 3.8) is 0 Å². The average Bonchev–Trinajstić information content (AvgIpc) is 2.09. The zero-order valence-corrected chi connectivity index (χ0v) is 8.46. The van der Waals surface area contributed by atoms with E-state index >= 15 is 0 Å². The van der Waals surface area contributed by atoms with Gasteiger partial charge in [0.1, 0.15) is 7.85 Å². The van der Waals surface area contributed by atoms with Gasteiger partial charge in [0, 0.05) is 11.7 Å². The van der Waals surface area contributed by atoms with Gasteiger partial charge >= 0.3 is 0 Å². The van der Waals surface area contributed by atoms with Gasteiger partial charge in [0.25, 0.3) is 0 Å². The molecule has 13 heavy (non-hydrogen) atoms. The maximum Gasteiger partial charge on any atom is 0.116 e. The summed E-state index contributed by atoms with van der Waals surface area (Å²) in [7, 11) is 5.72. The lowest BCUT2D eigenvalue weighted by Crippen LogP contribution is -2.49. The molecular formula is C10H16BNO. The van der Waals surface area contributed by atoms with Crippen LogP contribution in [0.1, 0.15) is 27.2 Å². The standard InChI is InChI=1S/C10H16BNO/c1-4-10(11,13)9-5-7(2)8(3)6-12-9/h5-6,9,12-13H,4H2,1-3H3. The van der Waals surface area contributed by atoms with E-state index in [9.17, 15) is 5.11 Å². The molecule has 0 aromatic heterocycles. The first-order chi connectivity index (χ1) is 5.97. The molecule has 2 unspecified atom stereocenters. The smallest absolute Gasteiger partial charge is 0.116 e. The van der Waals surface area contributed by atoms with Crippen LogP contribution in [-0.2, 0) is 0 Å². The lowest BCUT2D eigenvalue weighted by Gasteiger charge is -2.33. The fraction of sp³-hybridized carbons (Fsp3) is 0.600. The SMILES string of the molecule is [B]C(O)(CC)C1C=C(C)C(C)=CN1. The summed E-state index contributed by atoms with van der Waals surface area (Å²) in [5, 5.41) is 12.9. The summed E-state index contributed by atoms with van der Waals surface area (Å²) in [5.74, 6) is 0. The third-order valence-corrected chi connectivity index (χ3v) is 2.62. The normalized spacial score (nSPS) is 26.9. The average molecular weight is 177 g/mol. The molecule has 70 valence electrons. The molecule has 1 aliphatic heterocycles. The van der Waals surface area contributed by atoms with E-state index in [0.717, 1.165) is 0 Å². The van der Waals surface area contributed by atoms with Crippen molar-refractivity contribution in [2.24, 2.45) is 0 Å². The van der Waals surface area contributed by atoms with Crippen LogP contribution in [0.4, 0.5) is 0 Å². The Morgan fingerprint density at radius 2 is 2.15 bits per heavy atom. The molecule has 1 heterocycles. The topological polar surface area (TPSA) is 32.3 Å². The fourth-order valence-corrected chi connectivity index (χ4v) is 1.27. The Balaban J connectivity index is 2.79. The highest BCUT2D eigenvalue weighted by Crippen LogP contribution is 2.20. The number of allylic oxidation sites excluding steroid dienone is 2. The molecule has 0 spiro atoms. The predicted molar refractivity (Wildman–Crippen MR) is 55.4 cm³/mol. The molecule has 0 bridgehead atoms. The van der Waals surface area contributed by atoms with E-state index in [2.05, 4.69) is 5.32 Å². The van der Waals surface area contributed by atoms with Gasteiger partial charge in [-0.15, -0.1) is 0 Å². The van der Waals surface area contributed by atoms with Crippen LogP contribution in [0.3, 0.4) is 0 Å². The first-order valence-electron chi connectivity index (χ1n) is 4.60. The van der Waals surface area contributed by atoms with Gasteiger partial charge in [-0.3, -0.25) is 0 Å². The summed E-state index contributed by atoms with van der Waals surface area (Å²) < 4.78 is 0. The molecule has 3 heteroatoms. The Morgan fingerprint density at radius 1 is 1.54 bits per heavy atom. The molecule has 2 nitrogen and oxygen atoms in total. The molecule has 0 aromatic carbocycles. The van der Waals surface area contributed by atoms with Crippen LogP contribution in [0.15, 0.2) is 23.4 Å².